The van der Waals surface area contributed by atoms with Gasteiger partial charge in [0.25, 0.3) is 0 Å². The fraction of sp³-hybridized carbons (Fsp3) is 0.500. The van der Waals surface area contributed by atoms with E-state index < -0.39 is 29.6 Å². The second kappa shape index (κ2) is 6.97. The first-order valence-electron chi connectivity index (χ1n) is 5.46. The molecule has 18 heavy (non-hydrogen) atoms. The minimum absolute atomic E-state index is 0. The Balaban J connectivity index is 0.00000289. The van der Waals surface area contributed by atoms with Crippen molar-refractivity contribution < 1.29 is 18.3 Å². The third-order valence-corrected chi connectivity index (χ3v) is 2.98. The Morgan fingerprint density at radius 1 is 1.28 bits per heavy atom. The average molecular weight is 284 g/mol. The van der Waals surface area contributed by atoms with Crippen LogP contribution in [0.25, 0.3) is 0 Å². The van der Waals surface area contributed by atoms with E-state index in [1.807, 2.05) is 6.92 Å². The van der Waals surface area contributed by atoms with Crippen LogP contribution >= 0.6 is 12.4 Å². The number of nitrogens with two attached hydrogens (primary N) is 1. The van der Waals surface area contributed by atoms with Crippen molar-refractivity contribution in [3.63, 3.8) is 0 Å². The molecule has 3 atom stereocenters. The summed E-state index contributed by atoms with van der Waals surface area (Å²) in [5.41, 5.74) is 5.29. The average Bonchev–Trinajstić information content (AvgIpc) is 2.30. The van der Waals surface area contributed by atoms with Gasteiger partial charge in [-0.2, -0.15) is 0 Å². The standard InChI is InChI=1S/C12H16F3NO.ClH/c1-3-6(2)12(17)11(16)8-4-7(13)5-9(14)10(8)15;/h4-6,11-12,17H,3,16H2,1-2H3;1H/t6?,11-,12+;/m0./s1. The molecule has 0 aromatic heterocycles. The monoisotopic (exact) mass is 283 g/mol. The van der Waals surface area contributed by atoms with E-state index in [2.05, 4.69) is 0 Å². The van der Waals surface area contributed by atoms with Crippen LogP contribution in [-0.4, -0.2) is 11.2 Å². The number of hydrogen-bond donors (Lipinski definition) is 2. The molecule has 0 saturated carbocycles. The molecule has 1 rings (SSSR count). The molecule has 3 N–H and O–H groups in total. The molecule has 0 heterocycles. The van der Waals surface area contributed by atoms with Crippen LogP contribution in [-0.2, 0) is 0 Å². The van der Waals surface area contributed by atoms with Crippen molar-refractivity contribution in [1.82, 2.24) is 0 Å². The highest BCUT2D eigenvalue weighted by atomic mass is 35.5. The van der Waals surface area contributed by atoms with Gasteiger partial charge in [0, 0.05) is 11.6 Å². The zero-order valence-electron chi connectivity index (χ0n) is 10.2. The molecule has 0 saturated heterocycles. The fourth-order valence-electron chi connectivity index (χ4n) is 1.60. The Kier molecular flexibility index (Phi) is 6.67. The maximum atomic E-state index is 13.4. The van der Waals surface area contributed by atoms with E-state index in [0.717, 1.165) is 6.07 Å². The lowest BCUT2D eigenvalue weighted by atomic mass is 9.91. The van der Waals surface area contributed by atoms with Gasteiger partial charge in [-0.25, -0.2) is 13.2 Å². The van der Waals surface area contributed by atoms with E-state index in [4.69, 9.17) is 5.73 Å². The van der Waals surface area contributed by atoms with Crippen molar-refractivity contribution in [3.05, 3.63) is 35.1 Å². The highest BCUT2D eigenvalue weighted by molar-refractivity contribution is 5.85. The molecule has 2 nitrogen and oxygen atoms in total. The molecular weight excluding hydrogens is 267 g/mol. The maximum Gasteiger partial charge on any atom is 0.163 e. The van der Waals surface area contributed by atoms with Crippen LogP contribution in [0.4, 0.5) is 13.2 Å². The van der Waals surface area contributed by atoms with Crippen LogP contribution < -0.4 is 5.73 Å². The lowest BCUT2D eigenvalue weighted by Crippen LogP contribution is -2.32. The molecule has 1 aromatic rings. The second-order valence-electron chi connectivity index (χ2n) is 4.19. The lowest BCUT2D eigenvalue weighted by Gasteiger charge is -2.24. The van der Waals surface area contributed by atoms with Crippen LogP contribution in [0.2, 0.25) is 0 Å². The first-order chi connectivity index (χ1) is 7.88. The number of halogens is 4. The third kappa shape index (κ3) is 3.60. The summed E-state index contributed by atoms with van der Waals surface area (Å²) in [7, 11) is 0. The zero-order chi connectivity index (χ0) is 13.2. The van der Waals surface area contributed by atoms with Gasteiger partial charge in [-0.05, 0) is 12.0 Å². The summed E-state index contributed by atoms with van der Waals surface area (Å²) in [5.74, 6) is -3.60. The summed E-state index contributed by atoms with van der Waals surface area (Å²) in [6, 6.07) is 0.116. The zero-order valence-corrected chi connectivity index (χ0v) is 11.0. The van der Waals surface area contributed by atoms with Crippen LogP contribution in [0.1, 0.15) is 31.9 Å². The second-order valence-corrected chi connectivity index (χ2v) is 4.19. The Morgan fingerprint density at radius 3 is 2.33 bits per heavy atom. The summed E-state index contributed by atoms with van der Waals surface area (Å²) in [4.78, 5) is 0. The number of benzene rings is 1. The number of rotatable bonds is 4. The quantitative estimate of drug-likeness (QED) is 0.835. The van der Waals surface area contributed by atoms with Crippen molar-refractivity contribution in [1.29, 1.82) is 0 Å². The predicted octanol–water partition coefficient (Wildman–Crippen LogP) is 2.93. The van der Waals surface area contributed by atoms with Gasteiger partial charge < -0.3 is 10.8 Å². The topological polar surface area (TPSA) is 46.2 Å². The fourth-order valence-corrected chi connectivity index (χ4v) is 1.60. The van der Waals surface area contributed by atoms with E-state index in [1.165, 1.54) is 0 Å². The summed E-state index contributed by atoms with van der Waals surface area (Å²) in [6.07, 6.45) is -0.412. The summed E-state index contributed by atoms with van der Waals surface area (Å²) in [6.45, 7) is 3.57. The predicted molar refractivity (Wildman–Crippen MR) is 66.0 cm³/mol. The molecule has 0 aliphatic heterocycles. The molecule has 0 fully saturated rings. The first kappa shape index (κ1) is 17.2. The van der Waals surface area contributed by atoms with Crippen LogP contribution in [0.3, 0.4) is 0 Å². The van der Waals surface area contributed by atoms with E-state index in [-0.39, 0.29) is 23.9 Å². The van der Waals surface area contributed by atoms with Gasteiger partial charge in [0.05, 0.1) is 12.1 Å². The molecule has 0 aliphatic carbocycles. The van der Waals surface area contributed by atoms with Gasteiger partial charge in [0.2, 0.25) is 0 Å². The molecule has 6 heteroatoms. The van der Waals surface area contributed by atoms with Crippen LogP contribution in [0.5, 0.6) is 0 Å². The molecule has 0 bridgehead atoms. The van der Waals surface area contributed by atoms with E-state index in [9.17, 15) is 18.3 Å². The van der Waals surface area contributed by atoms with E-state index in [1.54, 1.807) is 6.92 Å². The summed E-state index contributed by atoms with van der Waals surface area (Å²) < 4.78 is 39.4. The van der Waals surface area contributed by atoms with E-state index in [0.29, 0.717) is 12.5 Å². The van der Waals surface area contributed by atoms with Gasteiger partial charge >= 0.3 is 0 Å². The van der Waals surface area contributed by atoms with Crippen LogP contribution in [0, 0.1) is 23.4 Å². The summed E-state index contributed by atoms with van der Waals surface area (Å²) in [5, 5.41) is 9.81. The minimum atomic E-state index is -1.30. The Bertz CT molecular complexity index is 403. The molecular formula is C12H17ClF3NO. The van der Waals surface area contributed by atoms with Crippen molar-refractivity contribution in [2.75, 3.05) is 0 Å². The highest BCUT2D eigenvalue weighted by Crippen LogP contribution is 2.25. The van der Waals surface area contributed by atoms with Gasteiger partial charge in [-0.3, -0.25) is 0 Å². The maximum absolute atomic E-state index is 13.4. The Hall–Kier alpha value is -0.780. The van der Waals surface area contributed by atoms with Gasteiger partial charge in [0.1, 0.15) is 5.82 Å². The molecule has 1 aromatic carbocycles. The largest absolute Gasteiger partial charge is 0.391 e. The molecule has 1 unspecified atom stereocenters. The molecule has 0 radical (unpaired) electrons. The first-order valence-corrected chi connectivity index (χ1v) is 5.46. The number of hydrogen-bond acceptors (Lipinski definition) is 2. The highest BCUT2D eigenvalue weighted by Gasteiger charge is 2.26. The summed E-state index contributed by atoms with van der Waals surface area (Å²) >= 11 is 0. The van der Waals surface area contributed by atoms with E-state index >= 15 is 0 Å². The molecule has 104 valence electrons. The van der Waals surface area contributed by atoms with Gasteiger partial charge in [-0.1, -0.05) is 20.3 Å². The third-order valence-electron chi connectivity index (χ3n) is 2.98. The Labute approximate surface area is 110 Å². The molecule has 0 aliphatic rings. The van der Waals surface area contributed by atoms with Crippen molar-refractivity contribution in [3.8, 4) is 0 Å². The SMILES string of the molecule is CCC(C)[C@@H](O)[C@@H](N)c1cc(F)cc(F)c1F.Cl. The number of aliphatic hydroxyl groups is 1. The number of aliphatic hydroxyl groups excluding tert-OH is 1. The smallest absolute Gasteiger partial charge is 0.163 e. The molecule has 0 spiro atoms. The van der Waals surface area contributed by atoms with Gasteiger partial charge in [-0.15, -0.1) is 12.4 Å². The van der Waals surface area contributed by atoms with Crippen molar-refractivity contribution in [2.24, 2.45) is 11.7 Å². The Morgan fingerprint density at radius 2 is 1.83 bits per heavy atom. The molecule has 0 amide bonds. The minimum Gasteiger partial charge on any atom is -0.391 e. The van der Waals surface area contributed by atoms with Gasteiger partial charge in [0.15, 0.2) is 11.6 Å². The van der Waals surface area contributed by atoms with Crippen molar-refractivity contribution in [2.45, 2.75) is 32.4 Å². The van der Waals surface area contributed by atoms with Crippen molar-refractivity contribution >= 4 is 12.4 Å². The normalized spacial score (nSPS) is 15.7. The van der Waals surface area contributed by atoms with Crippen LogP contribution in [0.15, 0.2) is 12.1 Å². The lowest BCUT2D eigenvalue weighted by molar-refractivity contribution is 0.0864.